The van der Waals surface area contributed by atoms with Gasteiger partial charge in [-0.1, -0.05) is 128 Å². The van der Waals surface area contributed by atoms with E-state index < -0.39 is 8.10 Å². The third-order valence-electron chi connectivity index (χ3n) is 10.4. The predicted molar refractivity (Wildman–Crippen MR) is 222 cm³/mol. The third kappa shape index (κ3) is 6.28. The van der Waals surface area contributed by atoms with Crippen LogP contribution in [-0.2, 0) is 0 Å². The molecule has 4 aromatic rings. The maximum absolute atomic E-state index is 2.66. The van der Waals surface area contributed by atoms with Crippen molar-refractivity contribution in [3.63, 3.8) is 0 Å². The monoisotopic (exact) mass is 682 g/mol. The van der Waals surface area contributed by atoms with Crippen LogP contribution in [0.2, 0.25) is 0 Å². The number of rotatable bonds is 9. The van der Waals surface area contributed by atoms with Crippen LogP contribution < -0.4 is 19.0 Å². The highest BCUT2D eigenvalue weighted by Crippen LogP contribution is 2.61. The Bertz CT molecular complexity index is 1700. The van der Waals surface area contributed by atoms with Gasteiger partial charge in [-0.2, -0.15) is 0 Å². The Kier molecular flexibility index (Phi) is 10.3. The molecule has 0 aliphatic carbocycles. The van der Waals surface area contributed by atoms with Gasteiger partial charge in [-0.25, -0.2) is 0 Å². The molecule has 0 saturated heterocycles. The van der Waals surface area contributed by atoms with Crippen molar-refractivity contribution >= 4 is 37.6 Å². The Morgan fingerprint density at radius 2 is 0.680 bits per heavy atom. The van der Waals surface area contributed by atoms with E-state index >= 15 is 0 Å². The molecule has 50 heavy (non-hydrogen) atoms. The second-order valence-corrected chi connectivity index (χ2v) is 17.4. The van der Waals surface area contributed by atoms with Gasteiger partial charge in [-0.3, -0.25) is 0 Å². The van der Waals surface area contributed by atoms with Crippen molar-refractivity contribution in [2.24, 2.45) is 0 Å². The van der Waals surface area contributed by atoms with Crippen LogP contribution in [0.15, 0.2) is 97.6 Å². The van der Waals surface area contributed by atoms with E-state index in [1.807, 2.05) is 0 Å². The lowest BCUT2D eigenvalue weighted by molar-refractivity contribution is 0.832. The molecule has 4 nitrogen and oxygen atoms in total. The van der Waals surface area contributed by atoms with E-state index in [2.05, 4.69) is 200 Å². The number of nitrogens with zero attached hydrogens (tertiary/aromatic N) is 4. The molecule has 6 heteroatoms. The van der Waals surface area contributed by atoms with Crippen LogP contribution >= 0.6 is 8.10 Å². The van der Waals surface area contributed by atoms with Gasteiger partial charge in [0.25, 0.3) is 0 Å². The average Bonchev–Trinajstić information content (AvgIpc) is 3.68. The van der Waals surface area contributed by atoms with Crippen molar-refractivity contribution in [2.45, 2.75) is 107 Å². The number of benzene rings is 4. The summed E-state index contributed by atoms with van der Waals surface area (Å²) >= 11 is 0. The highest BCUT2D eigenvalue weighted by atomic mass is 31.1. The minimum atomic E-state index is -1.10. The molecule has 0 bridgehead atoms. The first-order valence-electron chi connectivity index (χ1n) is 18.5. The number of hydrogen-bond donors (Lipinski definition) is 0. The summed E-state index contributed by atoms with van der Waals surface area (Å²) in [6, 6.07) is 27.4. The summed E-state index contributed by atoms with van der Waals surface area (Å²) in [6.45, 7) is 27.8. The molecular formula is C44H56BN4P. The fraction of sp³-hybridized carbons (Fsp3) is 0.364. The van der Waals surface area contributed by atoms with Gasteiger partial charge >= 0.3 is 6.70 Å². The molecule has 0 radical (unpaired) electrons. The number of para-hydroxylation sites is 4. The van der Waals surface area contributed by atoms with Crippen molar-refractivity contribution in [1.29, 1.82) is 0 Å². The van der Waals surface area contributed by atoms with Crippen LogP contribution in [0.25, 0.3) is 0 Å². The van der Waals surface area contributed by atoms with Gasteiger partial charge in [0.1, 0.15) is 8.10 Å². The smallest absolute Gasteiger partial charge is 0.364 e. The first-order chi connectivity index (χ1) is 23.8. The van der Waals surface area contributed by atoms with Crippen LogP contribution in [0.1, 0.15) is 124 Å². The van der Waals surface area contributed by atoms with E-state index in [9.17, 15) is 0 Å². The first-order valence-corrected chi connectivity index (χ1v) is 19.8. The summed E-state index contributed by atoms with van der Waals surface area (Å²) < 4.78 is 5.26. The second kappa shape index (κ2) is 14.4. The Labute approximate surface area is 304 Å². The van der Waals surface area contributed by atoms with Crippen molar-refractivity contribution < 1.29 is 0 Å². The first kappa shape index (κ1) is 35.9. The SMILES string of the molecule is Cc1cccc(C)c1N1C=CN(c2c(C)cccc2C)P1B1N(c2c(C(C)C)cccc2C(C)C)C=CN1c1c(C(C)C)cccc1C(C)C. The number of hydrogen-bond acceptors (Lipinski definition) is 4. The molecule has 2 heterocycles. The van der Waals surface area contributed by atoms with E-state index in [4.69, 9.17) is 0 Å². The maximum atomic E-state index is 2.66. The summed E-state index contributed by atoms with van der Waals surface area (Å²) in [4.78, 5) is 5.32. The van der Waals surface area contributed by atoms with E-state index in [0.29, 0.717) is 23.7 Å². The fourth-order valence-corrected chi connectivity index (χ4v) is 10.8. The molecule has 2 aliphatic rings. The molecule has 2 aliphatic heterocycles. The van der Waals surface area contributed by atoms with Crippen molar-refractivity contribution in [2.75, 3.05) is 19.0 Å². The van der Waals surface area contributed by atoms with Crippen LogP contribution in [0.4, 0.5) is 22.7 Å². The van der Waals surface area contributed by atoms with Gasteiger partial charge in [0.15, 0.2) is 0 Å². The Hall–Kier alpha value is -3.95. The van der Waals surface area contributed by atoms with Crippen molar-refractivity contribution in [3.05, 3.63) is 142 Å². The van der Waals surface area contributed by atoms with Gasteiger partial charge in [0.05, 0.1) is 11.4 Å². The Balaban J connectivity index is 1.71. The molecule has 0 saturated carbocycles. The minimum Gasteiger partial charge on any atom is -0.364 e. The Morgan fingerprint density at radius 3 is 0.960 bits per heavy atom. The standard InChI is InChI=1S/C44H56BN4P/c1-29(2)37-21-15-22-38(30(3)4)43(37)46-25-26-47(44-39(31(5)6)23-16-24-40(44)32(7)8)45(46)50-48(41-33(9)17-13-18-34(41)10)27-28-49(50)42-35(11)19-14-20-36(42)12/h13-32H,1-12H3. The van der Waals surface area contributed by atoms with Crippen LogP contribution in [0, 0.1) is 27.7 Å². The van der Waals surface area contributed by atoms with Gasteiger partial charge in [0.2, 0.25) is 0 Å². The van der Waals surface area contributed by atoms with Crippen LogP contribution in [-0.4, -0.2) is 6.70 Å². The topological polar surface area (TPSA) is 13.0 Å². The maximum Gasteiger partial charge on any atom is 0.458 e. The van der Waals surface area contributed by atoms with Crippen molar-refractivity contribution in [3.8, 4) is 0 Å². The normalized spacial score (nSPS) is 15.1. The molecule has 0 atom stereocenters. The van der Waals surface area contributed by atoms with Gasteiger partial charge < -0.3 is 19.0 Å². The lowest BCUT2D eigenvalue weighted by Crippen LogP contribution is -2.49. The van der Waals surface area contributed by atoms with Gasteiger partial charge in [0, 0.05) is 36.2 Å². The Morgan fingerprint density at radius 1 is 0.400 bits per heavy atom. The molecule has 0 fully saturated rings. The average molecular weight is 683 g/mol. The van der Waals surface area contributed by atoms with Crippen LogP contribution in [0.5, 0.6) is 0 Å². The summed E-state index contributed by atoms with van der Waals surface area (Å²) in [5.74, 6) is 1.50. The zero-order valence-electron chi connectivity index (χ0n) is 32.4. The highest BCUT2D eigenvalue weighted by Gasteiger charge is 2.52. The number of anilines is 4. The molecule has 4 aromatic carbocycles. The second-order valence-electron chi connectivity index (χ2n) is 15.4. The molecule has 0 unspecified atom stereocenters. The van der Waals surface area contributed by atoms with Gasteiger partial charge in [-0.05, 0) is 95.9 Å². The van der Waals surface area contributed by atoms with Crippen LogP contribution in [0.3, 0.4) is 0 Å². The highest BCUT2D eigenvalue weighted by molar-refractivity contribution is 7.94. The van der Waals surface area contributed by atoms with Crippen molar-refractivity contribution in [1.82, 2.24) is 0 Å². The lowest BCUT2D eigenvalue weighted by atomic mass is 9.87. The number of aryl methyl sites for hydroxylation is 4. The zero-order chi connectivity index (χ0) is 36.0. The molecule has 260 valence electrons. The molecule has 0 aromatic heterocycles. The van der Waals surface area contributed by atoms with E-state index in [1.54, 1.807) is 0 Å². The van der Waals surface area contributed by atoms with Gasteiger partial charge in [-0.15, -0.1) is 0 Å². The van der Waals surface area contributed by atoms with E-state index in [1.165, 1.54) is 67.3 Å². The molecular weight excluding hydrogens is 626 g/mol. The lowest BCUT2D eigenvalue weighted by Gasteiger charge is -2.44. The minimum absolute atomic E-state index is 0.0344. The summed E-state index contributed by atoms with van der Waals surface area (Å²) in [7, 11) is -1.10. The largest absolute Gasteiger partial charge is 0.458 e. The van der Waals surface area contributed by atoms with E-state index in [-0.39, 0.29) is 6.70 Å². The molecule has 0 amide bonds. The molecule has 0 N–H and O–H groups in total. The fourth-order valence-electron chi connectivity index (χ4n) is 7.93. The third-order valence-corrected chi connectivity index (χ3v) is 12.9. The molecule has 6 rings (SSSR count). The quantitative estimate of drug-likeness (QED) is 0.129. The predicted octanol–water partition coefficient (Wildman–Crippen LogP) is 13.0. The molecule has 0 spiro atoms. The summed E-state index contributed by atoms with van der Waals surface area (Å²) in [5.41, 5.74) is 16.1. The summed E-state index contributed by atoms with van der Waals surface area (Å²) in [6.07, 6.45) is 9.50. The zero-order valence-corrected chi connectivity index (χ0v) is 33.3. The summed E-state index contributed by atoms with van der Waals surface area (Å²) in [5, 5.41) is 0. The van der Waals surface area contributed by atoms with E-state index in [0.717, 1.165) is 0 Å².